The molecule has 1 amide bonds. The molecule has 4 unspecified atom stereocenters. The molecule has 1 aliphatic rings. The van der Waals surface area contributed by atoms with E-state index in [1.807, 2.05) is 31.2 Å². The third-order valence-corrected chi connectivity index (χ3v) is 5.09. The third-order valence-electron chi connectivity index (χ3n) is 5.09. The van der Waals surface area contributed by atoms with E-state index in [0.717, 1.165) is 16.7 Å². The zero-order valence-corrected chi connectivity index (χ0v) is 16.6. The summed E-state index contributed by atoms with van der Waals surface area (Å²) in [4.78, 5) is 35.3. The van der Waals surface area contributed by atoms with Crippen LogP contribution in [0.4, 0.5) is 4.79 Å². The molecule has 28 heavy (non-hydrogen) atoms. The van der Waals surface area contributed by atoms with Crippen molar-refractivity contribution >= 4 is 23.6 Å². The number of benzene rings is 1. The molecule has 4 atom stereocenters. The Kier molecular flexibility index (Phi) is 6.83. The highest BCUT2D eigenvalue weighted by molar-refractivity contribution is 5.84. The van der Waals surface area contributed by atoms with Crippen LogP contribution in [0.2, 0.25) is 0 Å². The number of carboxylic acids is 1. The molecule has 1 aromatic carbocycles. The molecule has 0 heterocycles. The Morgan fingerprint density at radius 3 is 2.46 bits per heavy atom. The molecule has 1 aliphatic carbocycles. The number of hydrogen-bond donors (Lipinski definition) is 2. The zero-order valence-electron chi connectivity index (χ0n) is 16.6. The maximum Gasteiger partial charge on any atom is 0.407 e. The second-order valence-electron chi connectivity index (χ2n) is 7.39. The third kappa shape index (κ3) is 4.71. The number of alkyl carbamates (subject to hydrolysis) is 1. The lowest BCUT2D eigenvalue weighted by atomic mass is 9.94. The molecule has 0 fully saturated rings. The van der Waals surface area contributed by atoms with Crippen LogP contribution in [0.15, 0.2) is 30.8 Å². The van der Waals surface area contributed by atoms with Crippen molar-refractivity contribution < 1.29 is 29.0 Å². The number of rotatable bonds is 7. The van der Waals surface area contributed by atoms with Gasteiger partial charge in [0.2, 0.25) is 0 Å². The Morgan fingerprint density at radius 1 is 1.21 bits per heavy atom. The summed E-state index contributed by atoms with van der Waals surface area (Å²) < 4.78 is 10.2. The summed E-state index contributed by atoms with van der Waals surface area (Å²) in [6, 6.07) is 6.88. The average molecular weight is 389 g/mol. The first-order valence-electron chi connectivity index (χ1n) is 9.28. The van der Waals surface area contributed by atoms with E-state index in [4.69, 9.17) is 14.6 Å². The lowest BCUT2D eigenvalue weighted by Crippen LogP contribution is -2.47. The van der Waals surface area contributed by atoms with Crippen LogP contribution in [-0.4, -0.2) is 41.9 Å². The van der Waals surface area contributed by atoms with Gasteiger partial charge < -0.3 is 19.9 Å². The number of aliphatic carboxylic acids is 1. The molecule has 0 aromatic heterocycles. The lowest BCUT2D eigenvalue weighted by Gasteiger charge is -2.23. The van der Waals surface area contributed by atoms with Crippen molar-refractivity contribution in [3.8, 4) is 0 Å². The molecule has 7 nitrogen and oxygen atoms in total. The van der Waals surface area contributed by atoms with E-state index in [0.29, 0.717) is 0 Å². The first-order chi connectivity index (χ1) is 13.1. The summed E-state index contributed by atoms with van der Waals surface area (Å²) in [7, 11) is 0. The molecule has 0 bridgehead atoms. The number of ether oxygens (including phenoxy) is 2. The van der Waals surface area contributed by atoms with Crippen molar-refractivity contribution in [2.45, 2.75) is 45.8 Å². The largest absolute Gasteiger partial charge is 0.479 e. The summed E-state index contributed by atoms with van der Waals surface area (Å²) in [5.41, 5.74) is 3.18. The quantitative estimate of drug-likeness (QED) is 0.695. The molecule has 1 aromatic rings. The molecule has 0 saturated heterocycles. The fraction of sp³-hybridized carbons (Fsp3) is 0.476. The van der Waals surface area contributed by atoms with Crippen molar-refractivity contribution in [3.63, 3.8) is 0 Å². The predicted octanol–water partition coefficient (Wildman–Crippen LogP) is 3.20. The number of carbonyl (C=O) groups is 3. The first kappa shape index (κ1) is 21.5. The minimum atomic E-state index is -1.30. The van der Waals surface area contributed by atoms with E-state index in [1.54, 1.807) is 13.8 Å². The fourth-order valence-electron chi connectivity index (χ4n) is 3.23. The Bertz CT molecular complexity index is 772. The van der Waals surface area contributed by atoms with Crippen LogP contribution in [0.5, 0.6) is 0 Å². The van der Waals surface area contributed by atoms with Crippen molar-refractivity contribution in [2.24, 2.45) is 11.8 Å². The topological polar surface area (TPSA) is 102 Å². The van der Waals surface area contributed by atoms with Crippen LogP contribution in [0.25, 0.3) is 5.57 Å². The average Bonchev–Trinajstić information content (AvgIpc) is 2.88. The highest BCUT2D eigenvalue weighted by atomic mass is 16.6. The molecule has 2 N–H and O–H groups in total. The molecule has 0 saturated carbocycles. The van der Waals surface area contributed by atoms with Crippen LogP contribution in [0.3, 0.4) is 0 Å². The molecular weight excluding hydrogens is 362 g/mol. The van der Waals surface area contributed by atoms with Crippen molar-refractivity contribution in [1.82, 2.24) is 5.32 Å². The summed E-state index contributed by atoms with van der Waals surface area (Å²) in [6.07, 6.45) is -2.05. The first-order valence-corrected chi connectivity index (χ1v) is 9.28. The van der Waals surface area contributed by atoms with Gasteiger partial charge in [-0.2, -0.15) is 0 Å². The van der Waals surface area contributed by atoms with Crippen LogP contribution < -0.4 is 5.32 Å². The lowest BCUT2D eigenvalue weighted by molar-refractivity contribution is -0.164. The van der Waals surface area contributed by atoms with Crippen molar-refractivity contribution in [3.05, 3.63) is 42.0 Å². The number of allylic oxidation sites excluding steroid dienone is 1. The van der Waals surface area contributed by atoms with Crippen LogP contribution in [0, 0.1) is 11.8 Å². The molecule has 152 valence electrons. The number of nitrogens with one attached hydrogen (secondary N) is 1. The number of amides is 1. The van der Waals surface area contributed by atoms with Crippen LogP contribution >= 0.6 is 0 Å². The van der Waals surface area contributed by atoms with E-state index >= 15 is 0 Å². The minimum absolute atomic E-state index is 0.00839. The van der Waals surface area contributed by atoms with Gasteiger partial charge in [0, 0.05) is 5.92 Å². The monoisotopic (exact) mass is 389 g/mol. The highest BCUT2D eigenvalue weighted by Gasteiger charge is 2.34. The van der Waals surface area contributed by atoms with E-state index in [9.17, 15) is 14.4 Å². The van der Waals surface area contributed by atoms with Gasteiger partial charge in [0.1, 0.15) is 12.6 Å². The van der Waals surface area contributed by atoms with Crippen LogP contribution in [0.1, 0.15) is 44.7 Å². The second kappa shape index (κ2) is 8.91. The van der Waals surface area contributed by atoms with E-state index in [1.165, 1.54) is 6.92 Å². The SMILES string of the molecule is C=C1c2ccccc2C(COC(=O)NC(C(=O)OC(C)C(=O)O)C(C)C)C1C. The number of esters is 1. The number of fused-ring (bicyclic) bond motifs is 1. The van der Waals surface area contributed by atoms with Gasteiger partial charge in [-0.3, -0.25) is 0 Å². The van der Waals surface area contributed by atoms with Gasteiger partial charge in [-0.25, -0.2) is 14.4 Å². The van der Waals surface area contributed by atoms with Crippen molar-refractivity contribution in [1.29, 1.82) is 0 Å². The van der Waals surface area contributed by atoms with E-state index in [-0.39, 0.29) is 24.4 Å². The van der Waals surface area contributed by atoms with E-state index < -0.39 is 30.2 Å². The summed E-state index contributed by atoms with van der Waals surface area (Å²) in [5.74, 6) is -2.24. The second-order valence-corrected chi connectivity index (χ2v) is 7.39. The molecule has 7 heteroatoms. The van der Waals surface area contributed by atoms with Gasteiger partial charge in [0.05, 0.1) is 0 Å². The van der Waals surface area contributed by atoms with Crippen LogP contribution in [-0.2, 0) is 19.1 Å². The normalized spacial score (nSPS) is 20.2. The Balaban J connectivity index is 1.97. The standard InChI is InChI=1S/C21H27NO6/c1-11(2)18(20(25)28-14(5)19(23)24)22-21(26)27-10-17-13(4)12(3)15-8-6-7-9-16(15)17/h6-9,11,13-14,17-18H,3,10H2,1-2,4-5H3,(H,22,26)(H,23,24). The Labute approximate surface area is 164 Å². The maximum atomic E-state index is 12.3. The molecule has 0 spiro atoms. The Morgan fingerprint density at radius 2 is 1.86 bits per heavy atom. The Hall–Kier alpha value is -2.83. The molecular formula is C21H27NO6. The summed E-state index contributed by atoms with van der Waals surface area (Å²) >= 11 is 0. The zero-order chi connectivity index (χ0) is 21.0. The number of carboxylic acid groups (broad SMARTS) is 1. The highest BCUT2D eigenvalue weighted by Crippen LogP contribution is 2.44. The van der Waals surface area contributed by atoms with Gasteiger partial charge >= 0.3 is 18.0 Å². The summed E-state index contributed by atoms with van der Waals surface area (Å²) in [5, 5.41) is 11.4. The van der Waals surface area contributed by atoms with E-state index in [2.05, 4.69) is 11.9 Å². The smallest absolute Gasteiger partial charge is 0.407 e. The van der Waals surface area contributed by atoms with Crippen molar-refractivity contribution in [2.75, 3.05) is 6.61 Å². The van der Waals surface area contributed by atoms with Gasteiger partial charge in [0.25, 0.3) is 0 Å². The van der Waals surface area contributed by atoms with Gasteiger partial charge in [-0.05, 0) is 35.5 Å². The maximum absolute atomic E-state index is 12.3. The van der Waals surface area contributed by atoms with Gasteiger partial charge in [0.15, 0.2) is 6.10 Å². The number of hydrogen-bond acceptors (Lipinski definition) is 5. The van der Waals surface area contributed by atoms with Gasteiger partial charge in [-0.15, -0.1) is 0 Å². The predicted molar refractivity (Wildman–Crippen MR) is 104 cm³/mol. The fourth-order valence-corrected chi connectivity index (χ4v) is 3.23. The van der Waals surface area contributed by atoms with Gasteiger partial charge in [-0.1, -0.05) is 51.6 Å². The molecule has 2 rings (SSSR count). The molecule has 0 aliphatic heterocycles. The minimum Gasteiger partial charge on any atom is -0.479 e. The summed E-state index contributed by atoms with van der Waals surface area (Å²) in [6.45, 7) is 11.0. The number of carbonyl (C=O) groups excluding carboxylic acids is 2. The molecule has 0 radical (unpaired) electrons.